The molecule has 5 nitrogen and oxygen atoms in total. The lowest BCUT2D eigenvalue weighted by molar-refractivity contribution is 0.0950. The molecule has 1 heterocycles. The molecule has 104 valence electrons. The Balaban J connectivity index is 2.67. The zero-order valence-electron chi connectivity index (χ0n) is 11.0. The van der Waals surface area contributed by atoms with E-state index in [4.69, 9.17) is 11.6 Å². The Labute approximate surface area is 120 Å². The second kappa shape index (κ2) is 5.88. The van der Waals surface area contributed by atoms with Gasteiger partial charge in [-0.1, -0.05) is 17.7 Å². The van der Waals surface area contributed by atoms with Gasteiger partial charge >= 0.3 is 0 Å². The van der Waals surface area contributed by atoms with Crippen molar-refractivity contribution in [2.24, 2.45) is 0 Å². The Bertz CT molecular complexity index is 737. The summed E-state index contributed by atoms with van der Waals surface area (Å²) >= 11 is 5.92. The van der Waals surface area contributed by atoms with E-state index in [0.717, 1.165) is 0 Å². The molecule has 0 aliphatic carbocycles. The minimum atomic E-state index is -0.515. The highest BCUT2D eigenvalue weighted by molar-refractivity contribution is 6.31. The van der Waals surface area contributed by atoms with Crippen LogP contribution in [0.2, 0.25) is 5.02 Å². The predicted molar refractivity (Wildman–Crippen MR) is 79.2 cm³/mol. The van der Waals surface area contributed by atoms with Crippen LogP contribution in [0.25, 0.3) is 10.9 Å². The van der Waals surface area contributed by atoms with E-state index in [1.54, 1.807) is 22.9 Å². The zero-order chi connectivity index (χ0) is 14.7. The van der Waals surface area contributed by atoms with Crippen molar-refractivity contribution >= 4 is 28.4 Å². The summed E-state index contributed by atoms with van der Waals surface area (Å²) < 4.78 is 1.61. The van der Waals surface area contributed by atoms with Gasteiger partial charge in [-0.3, -0.25) is 14.3 Å². The molecule has 0 saturated carbocycles. The van der Waals surface area contributed by atoms with E-state index in [1.165, 1.54) is 6.08 Å². The van der Waals surface area contributed by atoms with Crippen molar-refractivity contribution in [3.8, 4) is 0 Å². The Morgan fingerprint density at radius 1 is 1.55 bits per heavy atom. The molecule has 1 amide bonds. The standard InChI is InChI=1S/C14H14ClN3O2/c1-3-7-16-14(20)12-13(19)10-8-9(15)5-6-11(10)18(4-2)17-12/h3,5-6,8H,1,4,7H2,2H3,(H,16,20). The van der Waals surface area contributed by atoms with Crippen LogP contribution in [-0.4, -0.2) is 22.2 Å². The number of benzene rings is 1. The van der Waals surface area contributed by atoms with Crippen LogP contribution in [-0.2, 0) is 6.54 Å². The van der Waals surface area contributed by atoms with E-state index in [1.807, 2.05) is 6.92 Å². The molecule has 0 fully saturated rings. The second-order valence-corrected chi connectivity index (χ2v) is 4.59. The first-order chi connectivity index (χ1) is 9.58. The van der Waals surface area contributed by atoms with E-state index >= 15 is 0 Å². The molecule has 1 aromatic carbocycles. The molecular formula is C14H14ClN3O2. The molecule has 0 saturated heterocycles. The molecule has 6 heteroatoms. The molecule has 0 radical (unpaired) electrons. The Hall–Kier alpha value is -2.14. The lowest BCUT2D eigenvalue weighted by Gasteiger charge is -2.10. The first-order valence-corrected chi connectivity index (χ1v) is 6.55. The van der Waals surface area contributed by atoms with Crippen molar-refractivity contribution in [2.45, 2.75) is 13.5 Å². The van der Waals surface area contributed by atoms with Gasteiger partial charge in [-0.05, 0) is 25.1 Å². The van der Waals surface area contributed by atoms with Gasteiger partial charge in [0, 0.05) is 18.1 Å². The third kappa shape index (κ3) is 2.58. The first kappa shape index (κ1) is 14.3. The number of carbonyl (C=O) groups excluding carboxylic acids is 1. The monoisotopic (exact) mass is 291 g/mol. The molecule has 0 unspecified atom stereocenters. The zero-order valence-corrected chi connectivity index (χ0v) is 11.8. The highest BCUT2D eigenvalue weighted by Crippen LogP contribution is 2.16. The summed E-state index contributed by atoms with van der Waals surface area (Å²) in [5.74, 6) is -0.515. The molecule has 0 spiro atoms. The molecular weight excluding hydrogens is 278 g/mol. The number of hydrogen-bond acceptors (Lipinski definition) is 3. The SMILES string of the molecule is C=CCNC(=O)c1nn(CC)c2ccc(Cl)cc2c1=O. The number of fused-ring (bicyclic) bond motifs is 1. The van der Waals surface area contributed by atoms with Gasteiger partial charge in [-0.15, -0.1) is 6.58 Å². The van der Waals surface area contributed by atoms with Crippen molar-refractivity contribution in [2.75, 3.05) is 6.54 Å². The number of amides is 1. The summed E-state index contributed by atoms with van der Waals surface area (Å²) in [6.45, 7) is 6.21. The van der Waals surface area contributed by atoms with Crippen molar-refractivity contribution < 1.29 is 4.79 Å². The average molecular weight is 292 g/mol. The summed E-state index contributed by atoms with van der Waals surface area (Å²) in [6.07, 6.45) is 1.54. The van der Waals surface area contributed by atoms with Crippen molar-refractivity contribution in [1.29, 1.82) is 0 Å². The lowest BCUT2D eigenvalue weighted by atomic mass is 10.2. The molecule has 0 bridgehead atoms. The van der Waals surface area contributed by atoms with Crippen LogP contribution in [0.5, 0.6) is 0 Å². The largest absolute Gasteiger partial charge is 0.347 e. The molecule has 0 aliphatic heterocycles. The minimum absolute atomic E-state index is 0.136. The van der Waals surface area contributed by atoms with E-state index in [2.05, 4.69) is 17.0 Å². The van der Waals surface area contributed by atoms with Crippen LogP contribution in [0, 0.1) is 0 Å². The maximum absolute atomic E-state index is 12.3. The fourth-order valence-electron chi connectivity index (χ4n) is 1.90. The van der Waals surface area contributed by atoms with Crippen molar-refractivity contribution in [3.05, 3.63) is 51.8 Å². The maximum atomic E-state index is 12.3. The summed E-state index contributed by atoms with van der Waals surface area (Å²) in [6, 6.07) is 4.97. The van der Waals surface area contributed by atoms with E-state index in [-0.39, 0.29) is 12.2 Å². The quantitative estimate of drug-likeness (QED) is 0.876. The molecule has 2 rings (SSSR count). The Morgan fingerprint density at radius 2 is 2.30 bits per heavy atom. The number of aromatic nitrogens is 2. The van der Waals surface area contributed by atoms with Crippen LogP contribution >= 0.6 is 11.6 Å². The van der Waals surface area contributed by atoms with Gasteiger partial charge in [0.2, 0.25) is 5.43 Å². The normalized spacial score (nSPS) is 10.5. The highest BCUT2D eigenvalue weighted by Gasteiger charge is 2.16. The number of rotatable bonds is 4. The van der Waals surface area contributed by atoms with Gasteiger partial charge in [0.25, 0.3) is 5.91 Å². The van der Waals surface area contributed by atoms with E-state index in [0.29, 0.717) is 22.5 Å². The molecule has 20 heavy (non-hydrogen) atoms. The summed E-state index contributed by atoms with van der Waals surface area (Å²) in [5.41, 5.74) is 0.0967. The van der Waals surface area contributed by atoms with Crippen LogP contribution in [0.1, 0.15) is 17.4 Å². The summed E-state index contributed by atoms with van der Waals surface area (Å²) in [4.78, 5) is 24.3. The second-order valence-electron chi connectivity index (χ2n) is 4.15. The molecule has 1 N–H and O–H groups in total. The number of carbonyl (C=O) groups is 1. The van der Waals surface area contributed by atoms with Crippen molar-refractivity contribution in [1.82, 2.24) is 15.1 Å². The molecule has 0 aliphatic rings. The number of aryl methyl sites for hydroxylation is 1. The number of hydrogen-bond donors (Lipinski definition) is 1. The number of nitrogens with one attached hydrogen (secondary N) is 1. The van der Waals surface area contributed by atoms with Crippen LogP contribution in [0.3, 0.4) is 0 Å². The number of halogens is 1. The Kier molecular flexibility index (Phi) is 4.20. The summed E-state index contributed by atoms with van der Waals surface area (Å²) in [7, 11) is 0. The van der Waals surface area contributed by atoms with Gasteiger partial charge < -0.3 is 5.32 Å². The fourth-order valence-corrected chi connectivity index (χ4v) is 2.07. The molecule has 2 aromatic rings. The molecule has 1 aromatic heterocycles. The Morgan fingerprint density at radius 3 is 2.95 bits per heavy atom. The fraction of sp³-hybridized carbons (Fsp3) is 0.214. The third-order valence-electron chi connectivity index (χ3n) is 2.84. The van der Waals surface area contributed by atoms with Gasteiger partial charge in [0.15, 0.2) is 5.69 Å². The van der Waals surface area contributed by atoms with Gasteiger partial charge in [0.1, 0.15) is 0 Å². The van der Waals surface area contributed by atoms with Gasteiger partial charge in [-0.25, -0.2) is 0 Å². The smallest absolute Gasteiger partial charge is 0.276 e. The topological polar surface area (TPSA) is 64.0 Å². The maximum Gasteiger partial charge on any atom is 0.276 e. The van der Waals surface area contributed by atoms with Gasteiger partial charge in [0.05, 0.1) is 10.9 Å². The van der Waals surface area contributed by atoms with E-state index < -0.39 is 11.3 Å². The van der Waals surface area contributed by atoms with E-state index in [9.17, 15) is 9.59 Å². The number of nitrogens with zero attached hydrogens (tertiary/aromatic N) is 2. The van der Waals surface area contributed by atoms with Crippen molar-refractivity contribution in [3.63, 3.8) is 0 Å². The highest BCUT2D eigenvalue weighted by atomic mass is 35.5. The first-order valence-electron chi connectivity index (χ1n) is 6.18. The minimum Gasteiger partial charge on any atom is -0.347 e. The predicted octanol–water partition coefficient (Wildman–Crippen LogP) is 1.99. The van der Waals surface area contributed by atoms with Crippen LogP contribution in [0.15, 0.2) is 35.6 Å². The third-order valence-corrected chi connectivity index (χ3v) is 3.07. The molecule has 0 atom stereocenters. The lowest BCUT2D eigenvalue weighted by Crippen LogP contribution is -2.32. The van der Waals surface area contributed by atoms with Gasteiger partial charge in [-0.2, -0.15) is 5.10 Å². The average Bonchev–Trinajstić information content (AvgIpc) is 2.45. The van der Waals surface area contributed by atoms with Crippen LogP contribution < -0.4 is 10.7 Å². The summed E-state index contributed by atoms with van der Waals surface area (Å²) in [5, 5.41) is 7.50. The van der Waals surface area contributed by atoms with Crippen LogP contribution in [0.4, 0.5) is 0 Å².